The van der Waals surface area contributed by atoms with Crippen molar-refractivity contribution in [1.82, 2.24) is 4.90 Å². The summed E-state index contributed by atoms with van der Waals surface area (Å²) in [7, 11) is 0. The van der Waals surface area contributed by atoms with Gasteiger partial charge in [0.1, 0.15) is 0 Å². The number of halogens is 1. The number of carboxylic acid groups (broad SMARTS) is 1. The van der Waals surface area contributed by atoms with E-state index in [0.717, 1.165) is 9.37 Å². The summed E-state index contributed by atoms with van der Waals surface area (Å²) < 4.78 is 0.734. The van der Waals surface area contributed by atoms with Gasteiger partial charge in [-0.25, -0.2) is 0 Å². The highest BCUT2D eigenvalue weighted by Gasteiger charge is 2.34. The molecule has 1 N–H and O–H groups in total. The summed E-state index contributed by atoms with van der Waals surface area (Å²) in [6.45, 7) is -0.0560. The van der Waals surface area contributed by atoms with Gasteiger partial charge in [0.05, 0.1) is 5.92 Å². The number of hydrogen-bond acceptors (Lipinski definition) is 3. The number of amides is 2. The lowest BCUT2D eigenvalue weighted by Gasteiger charge is -2.29. The van der Waals surface area contributed by atoms with E-state index in [1.165, 1.54) is 0 Å². The molecule has 19 heavy (non-hydrogen) atoms. The van der Waals surface area contributed by atoms with Crippen LogP contribution in [-0.4, -0.2) is 34.3 Å². The molecular formula is C13H12BrNO4. The average molecular weight is 326 g/mol. The molecule has 1 unspecified atom stereocenters. The Morgan fingerprint density at radius 3 is 2.74 bits per heavy atom. The number of nitrogens with zero attached hydrogens (tertiary/aromatic N) is 1. The van der Waals surface area contributed by atoms with Crippen LogP contribution < -0.4 is 0 Å². The van der Waals surface area contributed by atoms with Crippen molar-refractivity contribution in [2.45, 2.75) is 12.8 Å². The largest absolute Gasteiger partial charge is 0.481 e. The molecular weight excluding hydrogens is 314 g/mol. The summed E-state index contributed by atoms with van der Waals surface area (Å²) in [5.41, 5.74) is 0.369. The van der Waals surface area contributed by atoms with Gasteiger partial charge in [-0.2, -0.15) is 0 Å². The molecule has 1 aliphatic rings. The van der Waals surface area contributed by atoms with Gasteiger partial charge in [0, 0.05) is 23.0 Å². The van der Waals surface area contributed by atoms with Gasteiger partial charge in [0.25, 0.3) is 5.91 Å². The zero-order chi connectivity index (χ0) is 14.0. The molecule has 2 rings (SSSR count). The third-order valence-corrected chi connectivity index (χ3v) is 3.57. The summed E-state index contributed by atoms with van der Waals surface area (Å²) in [5, 5.41) is 8.98. The smallest absolute Gasteiger partial charge is 0.308 e. The van der Waals surface area contributed by atoms with E-state index in [-0.39, 0.29) is 25.3 Å². The van der Waals surface area contributed by atoms with Crippen LogP contribution >= 0.6 is 15.9 Å². The fraction of sp³-hybridized carbons (Fsp3) is 0.308. The van der Waals surface area contributed by atoms with Crippen LogP contribution in [0.4, 0.5) is 0 Å². The molecule has 0 spiro atoms. The molecule has 1 atom stereocenters. The fourth-order valence-electron chi connectivity index (χ4n) is 2.02. The van der Waals surface area contributed by atoms with Crippen molar-refractivity contribution in [2.75, 3.05) is 6.54 Å². The highest BCUT2D eigenvalue weighted by atomic mass is 79.9. The average Bonchev–Trinajstić information content (AvgIpc) is 2.38. The van der Waals surface area contributed by atoms with Crippen molar-refractivity contribution >= 4 is 33.7 Å². The Morgan fingerprint density at radius 2 is 2.11 bits per heavy atom. The molecule has 0 bridgehead atoms. The highest BCUT2D eigenvalue weighted by Crippen LogP contribution is 2.21. The van der Waals surface area contributed by atoms with Gasteiger partial charge in [0.2, 0.25) is 5.91 Å². The highest BCUT2D eigenvalue weighted by molar-refractivity contribution is 9.10. The number of carbonyl (C=O) groups is 3. The number of carboxylic acids is 1. The predicted octanol–water partition coefficient (Wildman–Crippen LogP) is 1.91. The van der Waals surface area contributed by atoms with Crippen LogP contribution in [0.3, 0.4) is 0 Å². The third-order valence-electron chi connectivity index (χ3n) is 3.08. The standard InChI is InChI=1S/C13H12BrNO4/c14-10-3-1-2-8(6-10)12(17)15-7-9(13(18)19)4-5-11(15)16/h1-3,6,9H,4-5,7H2,(H,18,19). The summed E-state index contributed by atoms with van der Waals surface area (Å²) >= 11 is 3.25. The second kappa shape index (κ2) is 5.52. The van der Waals surface area contributed by atoms with E-state index >= 15 is 0 Å². The van der Waals surface area contributed by atoms with E-state index in [4.69, 9.17) is 5.11 Å². The molecule has 0 aliphatic carbocycles. The maximum absolute atomic E-state index is 12.2. The first-order valence-electron chi connectivity index (χ1n) is 5.82. The Bertz CT molecular complexity index is 543. The van der Waals surface area contributed by atoms with Crippen LogP contribution in [0.1, 0.15) is 23.2 Å². The van der Waals surface area contributed by atoms with Gasteiger partial charge in [-0.1, -0.05) is 22.0 Å². The quantitative estimate of drug-likeness (QED) is 0.843. The van der Waals surface area contributed by atoms with Crippen LogP contribution in [0.15, 0.2) is 28.7 Å². The third kappa shape index (κ3) is 3.01. The monoisotopic (exact) mass is 325 g/mol. The Kier molecular flexibility index (Phi) is 3.99. The first kappa shape index (κ1) is 13.7. The minimum atomic E-state index is -0.973. The molecule has 1 aromatic rings. The lowest BCUT2D eigenvalue weighted by Crippen LogP contribution is -2.45. The van der Waals surface area contributed by atoms with Crippen molar-refractivity contribution in [3.05, 3.63) is 34.3 Å². The Balaban J connectivity index is 2.21. The molecule has 1 saturated heterocycles. The number of hydrogen-bond donors (Lipinski definition) is 1. The molecule has 5 nitrogen and oxygen atoms in total. The van der Waals surface area contributed by atoms with E-state index < -0.39 is 17.8 Å². The van der Waals surface area contributed by atoms with Crippen molar-refractivity contribution in [3.8, 4) is 0 Å². The van der Waals surface area contributed by atoms with E-state index in [9.17, 15) is 14.4 Å². The molecule has 6 heteroatoms. The second-order valence-corrected chi connectivity index (χ2v) is 5.31. The molecule has 0 radical (unpaired) electrons. The molecule has 0 saturated carbocycles. The van der Waals surface area contributed by atoms with Gasteiger partial charge in [-0.3, -0.25) is 19.3 Å². The van der Waals surface area contributed by atoms with Gasteiger partial charge >= 0.3 is 5.97 Å². The van der Waals surface area contributed by atoms with Crippen molar-refractivity contribution in [2.24, 2.45) is 5.92 Å². The number of aliphatic carboxylic acids is 1. The maximum Gasteiger partial charge on any atom is 0.308 e. The molecule has 1 aromatic carbocycles. The number of imide groups is 1. The van der Waals surface area contributed by atoms with Gasteiger partial charge in [0.15, 0.2) is 0 Å². The summed E-state index contributed by atoms with van der Waals surface area (Å²) in [6, 6.07) is 6.68. The van der Waals surface area contributed by atoms with Crippen LogP contribution in [0.2, 0.25) is 0 Å². The van der Waals surface area contributed by atoms with Gasteiger partial charge in [-0.15, -0.1) is 0 Å². The first-order valence-corrected chi connectivity index (χ1v) is 6.61. The maximum atomic E-state index is 12.2. The number of benzene rings is 1. The van der Waals surface area contributed by atoms with Gasteiger partial charge in [-0.05, 0) is 24.6 Å². The Labute approximate surface area is 118 Å². The Morgan fingerprint density at radius 1 is 1.37 bits per heavy atom. The number of carbonyl (C=O) groups excluding carboxylic acids is 2. The summed E-state index contributed by atoms with van der Waals surface area (Å²) in [6.07, 6.45) is 0.382. The Hall–Kier alpha value is -1.69. The van der Waals surface area contributed by atoms with Gasteiger partial charge < -0.3 is 5.11 Å². The van der Waals surface area contributed by atoms with Crippen LogP contribution in [0.25, 0.3) is 0 Å². The zero-order valence-corrected chi connectivity index (χ0v) is 11.6. The minimum Gasteiger partial charge on any atom is -0.481 e. The van der Waals surface area contributed by atoms with E-state index in [1.54, 1.807) is 24.3 Å². The SMILES string of the molecule is O=C(O)C1CCC(=O)N(C(=O)c2cccc(Br)c2)C1. The molecule has 2 amide bonds. The second-order valence-electron chi connectivity index (χ2n) is 4.39. The number of piperidine rings is 1. The molecule has 100 valence electrons. The molecule has 1 fully saturated rings. The van der Waals surface area contributed by atoms with Crippen LogP contribution in [0.5, 0.6) is 0 Å². The molecule has 0 aromatic heterocycles. The first-order chi connectivity index (χ1) is 8.99. The van der Waals surface area contributed by atoms with Crippen LogP contribution in [0, 0.1) is 5.92 Å². The summed E-state index contributed by atoms with van der Waals surface area (Å²) in [4.78, 5) is 36.0. The van der Waals surface area contributed by atoms with Crippen molar-refractivity contribution in [1.29, 1.82) is 0 Å². The van der Waals surface area contributed by atoms with Crippen molar-refractivity contribution in [3.63, 3.8) is 0 Å². The lowest BCUT2D eigenvalue weighted by atomic mass is 9.97. The minimum absolute atomic E-state index is 0.0560. The topological polar surface area (TPSA) is 74.7 Å². The zero-order valence-electron chi connectivity index (χ0n) is 10.0. The molecule has 1 heterocycles. The number of rotatable bonds is 2. The van der Waals surface area contributed by atoms with E-state index in [0.29, 0.717) is 5.56 Å². The van der Waals surface area contributed by atoms with Crippen LogP contribution in [-0.2, 0) is 9.59 Å². The fourth-order valence-corrected chi connectivity index (χ4v) is 2.42. The van der Waals surface area contributed by atoms with Crippen molar-refractivity contribution < 1.29 is 19.5 Å². The van der Waals surface area contributed by atoms with E-state index in [2.05, 4.69) is 15.9 Å². The predicted molar refractivity (Wildman–Crippen MR) is 70.5 cm³/mol. The number of likely N-dealkylation sites (tertiary alicyclic amines) is 1. The normalized spacial score (nSPS) is 19.3. The van der Waals surface area contributed by atoms with E-state index in [1.807, 2.05) is 0 Å². The summed E-state index contributed by atoms with van der Waals surface area (Å²) in [5.74, 6) is -2.41. The lowest BCUT2D eigenvalue weighted by molar-refractivity contribution is -0.145. The molecule has 1 aliphatic heterocycles.